The van der Waals surface area contributed by atoms with Gasteiger partial charge in [0.25, 0.3) is 5.91 Å². The van der Waals surface area contributed by atoms with Crippen LogP contribution in [0.5, 0.6) is 5.75 Å². The number of anilines is 1. The molecule has 1 amide bonds. The summed E-state index contributed by atoms with van der Waals surface area (Å²) >= 11 is 0. The average molecular weight is 384 g/mol. The minimum absolute atomic E-state index is 0.321. The van der Waals surface area contributed by atoms with Crippen LogP contribution in [-0.4, -0.2) is 28.5 Å². The molecular formula is C16H11F3N2O6. The number of nitro benzene ring substituents is 1. The van der Waals surface area contributed by atoms with Crippen LogP contribution < -0.4 is 10.1 Å². The molecule has 0 aliphatic heterocycles. The number of amides is 1. The first kappa shape index (κ1) is 19.7. The maximum Gasteiger partial charge on any atom is 0.418 e. The number of nitrogens with one attached hydrogen (secondary N) is 1. The largest absolute Gasteiger partial charge is 0.478 e. The Morgan fingerprint density at radius 2 is 1.85 bits per heavy atom. The number of benzene rings is 2. The maximum atomic E-state index is 12.9. The van der Waals surface area contributed by atoms with Gasteiger partial charge in [0.1, 0.15) is 0 Å². The number of nitro groups is 1. The Labute approximate surface area is 149 Å². The number of nitrogens with zero attached hydrogens (tertiary/aromatic N) is 1. The molecule has 0 bridgehead atoms. The number of carbonyl (C=O) groups is 2. The van der Waals surface area contributed by atoms with E-state index in [1.165, 1.54) is 6.07 Å². The topological polar surface area (TPSA) is 119 Å². The summed E-state index contributed by atoms with van der Waals surface area (Å²) in [5, 5.41) is 21.9. The molecule has 142 valence electrons. The van der Waals surface area contributed by atoms with Gasteiger partial charge in [-0.15, -0.1) is 0 Å². The van der Waals surface area contributed by atoms with Gasteiger partial charge in [0.05, 0.1) is 21.7 Å². The lowest BCUT2D eigenvalue weighted by Crippen LogP contribution is -2.22. The van der Waals surface area contributed by atoms with Crippen molar-refractivity contribution >= 4 is 23.3 Å². The number of para-hydroxylation sites is 1. The summed E-state index contributed by atoms with van der Waals surface area (Å²) in [4.78, 5) is 32.9. The van der Waals surface area contributed by atoms with Gasteiger partial charge in [-0.25, -0.2) is 4.79 Å². The van der Waals surface area contributed by atoms with E-state index in [9.17, 15) is 32.9 Å². The van der Waals surface area contributed by atoms with Crippen molar-refractivity contribution in [1.82, 2.24) is 0 Å². The number of aromatic carboxylic acids is 1. The van der Waals surface area contributed by atoms with Crippen molar-refractivity contribution in [2.45, 2.75) is 6.18 Å². The number of halogens is 3. The van der Waals surface area contributed by atoms with Crippen LogP contribution in [0.15, 0.2) is 42.5 Å². The smallest absolute Gasteiger partial charge is 0.418 e. The molecule has 0 aromatic heterocycles. The van der Waals surface area contributed by atoms with Crippen LogP contribution in [-0.2, 0) is 11.0 Å². The molecule has 0 radical (unpaired) electrons. The molecule has 0 unspecified atom stereocenters. The lowest BCUT2D eigenvalue weighted by atomic mass is 10.1. The normalized spacial score (nSPS) is 10.9. The first-order valence-electron chi connectivity index (χ1n) is 7.20. The molecule has 11 heteroatoms. The summed E-state index contributed by atoms with van der Waals surface area (Å²) in [5.74, 6) is -2.89. The minimum Gasteiger partial charge on any atom is -0.478 e. The van der Waals surface area contributed by atoms with E-state index in [1.807, 2.05) is 5.32 Å². The Morgan fingerprint density at radius 1 is 1.19 bits per heavy atom. The van der Waals surface area contributed by atoms with Crippen LogP contribution >= 0.6 is 0 Å². The van der Waals surface area contributed by atoms with E-state index in [0.29, 0.717) is 0 Å². The predicted molar refractivity (Wildman–Crippen MR) is 85.6 cm³/mol. The average Bonchev–Trinajstić information content (AvgIpc) is 2.59. The number of rotatable bonds is 6. The Kier molecular flexibility index (Phi) is 5.63. The zero-order valence-electron chi connectivity index (χ0n) is 13.3. The molecule has 2 N–H and O–H groups in total. The van der Waals surface area contributed by atoms with Crippen LogP contribution in [0.1, 0.15) is 15.9 Å². The fourth-order valence-corrected chi connectivity index (χ4v) is 2.08. The molecular weight excluding hydrogens is 373 g/mol. The molecule has 0 heterocycles. The van der Waals surface area contributed by atoms with Gasteiger partial charge in [-0.05, 0) is 18.2 Å². The van der Waals surface area contributed by atoms with E-state index in [-0.39, 0.29) is 5.56 Å². The van der Waals surface area contributed by atoms with E-state index in [0.717, 1.165) is 36.4 Å². The highest BCUT2D eigenvalue weighted by Crippen LogP contribution is 2.34. The Bertz CT molecular complexity index is 898. The van der Waals surface area contributed by atoms with Crippen LogP contribution in [0, 0.1) is 10.1 Å². The standard InChI is InChI=1S/C16H11F3N2O6/c17-16(18,19)10-3-1-2-4-11(10)20-14(22)8-27-13-7-9(15(23)24)5-6-12(13)21(25)26/h1-7H,8H2,(H,20,22)(H,23,24). The van der Waals surface area contributed by atoms with Crippen LogP contribution in [0.4, 0.5) is 24.5 Å². The number of ether oxygens (including phenoxy) is 1. The summed E-state index contributed by atoms with van der Waals surface area (Å²) in [6.07, 6.45) is -4.70. The van der Waals surface area contributed by atoms with Gasteiger partial charge >= 0.3 is 17.8 Å². The van der Waals surface area contributed by atoms with E-state index >= 15 is 0 Å². The Hall–Kier alpha value is -3.63. The second-order valence-corrected chi connectivity index (χ2v) is 5.12. The highest BCUT2D eigenvalue weighted by Gasteiger charge is 2.33. The van der Waals surface area contributed by atoms with Crippen molar-refractivity contribution in [2.24, 2.45) is 0 Å². The number of alkyl halides is 3. The fourth-order valence-electron chi connectivity index (χ4n) is 2.08. The maximum absolute atomic E-state index is 12.9. The van der Waals surface area contributed by atoms with Crippen molar-refractivity contribution in [3.8, 4) is 5.75 Å². The van der Waals surface area contributed by atoms with Crippen LogP contribution in [0.25, 0.3) is 0 Å². The molecule has 0 spiro atoms. The highest BCUT2D eigenvalue weighted by atomic mass is 19.4. The zero-order valence-corrected chi connectivity index (χ0v) is 13.3. The van der Waals surface area contributed by atoms with Crippen LogP contribution in [0.2, 0.25) is 0 Å². The molecule has 0 aliphatic rings. The van der Waals surface area contributed by atoms with E-state index in [1.54, 1.807) is 0 Å². The molecule has 0 aliphatic carbocycles. The summed E-state index contributed by atoms with van der Waals surface area (Å²) in [6.45, 7) is -0.865. The van der Waals surface area contributed by atoms with Crippen molar-refractivity contribution in [3.63, 3.8) is 0 Å². The molecule has 0 atom stereocenters. The van der Waals surface area contributed by atoms with Crippen molar-refractivity contribution in [3.05, 3.63) is 63.7 Å². The third-order valence-electron chi connectivity index (χ3n) is 3.27. The molecule has 0 fully saturated rings. The van der Waals surface area contributed by atoms with Gasteiger partial charge in [0, 0.05) is 12.1 Å². The lowest BCUT2D eigenvalue weighted by Gasteiger charge is -2.14. The molecule has 0 saturated heterocycles. The van der Waals surface area contributed by atoms with Gasteiger partial charge in [-0.1, -0.05) is 12.1 Å². The van der Waals surface area contributed by atoms with Crippen molar-refractivity contribution < 1.29 is 37.5 Å². The molecule has 2 aromatic carbocycles. The summed E-state index contributed by atoms with van der Waals surface area (Å²) < 4.78 is 43.6. The minimum atomic E-state index is -4.70. The van der Waals surface area contributed by atoms with Gasteiger partial charge in [-0.2, -0.15) is 13.2 Å². The van der Waals surface area contributed by atoms with Gasteiger partial charge in [0.15, 0.2) is 12.4 Å². The number of hydrogen-bond donors (Lipinski definition) is 2. The number of carboxylic acid groups (broad SMARTS) is 1. The number of carbonyl (C=O) groups excluding carboxylic acids is 1. The van der Waals surface area contributed by atoms with E-state index in [2.05, 4.69) is 0 Å². The summed E-state index contributed by atoms with van der Waals surface area (Å²) in [6, 6.07) is 6.95. The third kappa shape index (κ3) is 4.93. The van der Waals surface area contributed by atoms with Crippen molar-refractivity contribution in [2.75, 3.05) is 11.9 Å². The number of hydrogen-bond acceptors (Lipinski definition) is 5. The zero-order chi connectivity index (χ0) is 20.2. The molecule has 2 rings (SSSR count). The van der Waals surface area contributed by atoms with E-state index in [4.69, 9.17) is 9.84 Å². The third-order valence-corrected chi connectivity index (χ3v) is 3.27. The van der Waals surface area contributed by atoms with Gasteiger partial charge in [0.2, 0.25) is 0 Å². The monoisotopic (exact) mass is 384 g/mol. The Balaban J connectivity index is 2.16. The molecule has 2 aromatic rings. The second kappa shape index (κ2) is 7.72. The SMILES string of the molecule is O=C(COc1cc(C(=O)O)ccc1[N+](=O)[O-])Nc1ccccc1C(F)(F)F. The van der Waals surface area contributed by atoms with E-state index < -0.39 is 52.3 Å². The van der Waals surface area contributed by atoms with Crippen LogP contribution in [0.3, 0.4) is 0 Å². The number of carboxylic acids is 1. The first-order valence-corrected chi connectivity index (χ1v) is 7.20. The van der Waals surface area contributed by atoms with Gasteiger partial charge in [-0.3, -0.25) is 14.9 Å². The quantitative estimate of drug-likeness (QED) is 0.582. The van der Waals surface area contributed by atoms with Gasteiger partial charge < -0.3 is 15.2 Å². The molecule has 0 saturated carbocycles. The highest BCUT2D eigenvalue weighted by molar-refractivity contribution is 5.93. The lowest BCUT2D eigenvalue weighted by molar-refractivity contribution is -0.385. The second-order valence-electron chi connectivity index (χ2n) is 5.12. The first-order chi connectivity index (χ1) is 12.6. The summed E-state index contributed by atoms with van der Waals surface area (Å²) in [5.41, 5.74) is -2.49. The summed E-state index contributed by atoms with van der Waals surface area (Å²) in [7, 11) is 0. The Morgan fingerprint density at radius 3 is 2.44 bits per heavy atom. The predicted octanol–water partition coefficient (Wildman–Crippen LogP) is 3.33. The fraction of sp³-hybridized carbons (Fsp3) is 0.125. The van der Waals surface area contributed by atoms with Crippen molar-refractivity contribution in [1.29, 1.82) is 0 Å². The molecule has 27 heavy (non-hydrogen) atoms. The molecule has 8 nitrogen and oxygen atoms in total.